The number of benzene rings is 2. The number of furan rings is 1. The Labute approximate surface area is 135 Å². The van der Waals surface area contributed by atoms with Gasteiger partial charge in [-0.05, 0) is 35.4 Å². The normalized spacial score (nSPS) is 11.0. The molecule has 0 amide bonds. The average Bonchev–Trinajstić information content (AvgIpc) is 2.97. The third-order valence-corrected chi connectivity index (χ3v) is 3.79. The molecule has 0 radical (unpaired) electrons. The minimum Gasteiger partial charge on any atom is -0.497 e. The molecule has 120 valence electrons. The molecular formula is C19H21NO3. The Balaban J connectivity index is 1.73. The summed E-state index contributed by atoms with van der Waals surface area (Å²) in [7, 11) is 1.67. The van der Waals surface area contributed by atoms with Gasteiger partial charge in [-0.1, -0.05) is 24.3 Å². The van der Waals surface area contributed by atoms with Crippen LogP contribution >= 0.6 is 0 Å². The second-order valence-corrected chi connectivity index (χ2v) is 5.51. The standard InChI is InChI=1S/C19H21NO3/c1-22-17-6-3-14(4-7-17)10-18-12-16-5-2-15(11-19(16)23-18)13-20-8-9-21/h2-7,11-12,20-21H,8-10,13H2,1H3. The van der Waals surface area contributed by atoms with Crippen molar-refractivity contribution in [2.75, 3.05) is 20.3 Å². The third kappa shape index (κ3) is 3.92. The number of aliphatic hydroxyl groups is 1. The molecular weight excluding hydrogens is 290 g/mol. The Morgan fingerprint density at radius 1 is 1.04 bits per heavy atom. The highest BCUT2D eigenvalue weighted by atomic mass is 16.5. The molecule has 0 aliphatic carbocycles. The molecule has 0 saturated carbocycles. The van der Waals surface area contributed by atoms with Gasteiger partial charge in [-0.15, -0.1) is 0 Å². The van der Waals surface area contributed by atoms with E-state index in [9.17, 15) is 0 Å². The molecule has 1 heterocycles. The molecule has 2 N–H and O–H groups in total. The first-order chi connectivity index (χ1) is 11.3. The van der Waals surface area contributed by atoms with E-state index in [1.54, 1.807) is 7.11 Å². The van der Waals surface area contributed by atoms with Gasteiger partial charge in [0.15, 0.2) is 0 Å². The maximum Gasteiger partial charge on any atom is 0.134 e. The molecule has 0 aliphatic rings. The Hall–Kier alpha value is -2.30. The van der Waals surface area contributed by atoms with Gasteiger partial charge >= 0.3 is 0 Å². The topological polar surface area (TPSA) is 54.6 Å². The summed E-state index contributed by atoms with van der Waals surface area (Å²) in [5.41, 5.74) is 3.24. The van der Waals surface area contributed by atoms with E-state index in [0.29, 0.717) is 6.54 Å². The van der Waals surface area contributed by atoms with E-state index in [4.69, 9.17) is 14.3 Å². The van der Waals surface area contributed by atoms with Gasteiger partial charge in [-0.2, -0.15) is 0 Å². The minimum absolute atomic E-state index is 0.148. The van der Waals surface area contributed by atoms with Crippen LogP contribution in [-0.2, 0) is 13.0 Å². The summed E-state index contributed by atoms with van der Waals surface area (Å²) in [6.07, 6.45) is 0.761. The molecule has 3 aromatic rings. The maximum atomic E-state index is 8.80. The highest BCUT2D eigenvalue weighted by Crippen LogP contribution is 2.23. The van der Waals surface area contributed by atoms with Crippen LogP contribution in [0.1, 0.15) is 16.9 Å². The van der Waals surface area contributed by atoms with Crippen LogP contribution in [0.2, 0.25) is 0 Å². The molecule has 0 atom stereocenters. The van der Waals surface area contributed by atoms with Gasteiger partial charge in [0.2, 0.25) is 0 Å². The highest BCUT2D eigenvalue weighted by Gasteiger charge is 2.06. The number of hydrogen-bond acceptors (Lipinski definition) is 4. The first kappa shape index (κ1) is 15.6. The fraction of sp³-hybridized carbons (Fsp3) is 0.263. The molecule has 0 unspecified atom stereocenters. The summed E-state index contributed by atoms with van der Waals surface area (Å²) >= 11 is 0. The van der Waals surface area contributed by atoms with E-state index in [0.717, 1.165) is 41.0 Å². The van der Waals surface area contributed by atoms with Crippen LogP contribution in [0.4, 0.5) is 0 Å². The fourth-order valence-electron chi connectivity index (χ4n) is 2.58. The zero-order valence-corrected chi connectivity index (χ0v) is 13.2. The van der Waals surface area contributed by atoms with Gasteiger partial charge in [-0.3, -0.25) is 0 Å². The zero-order valence-electron chi connectivity index (χ0n) is 13.2. The Morgan fingerprint density at radius 2 is 1.83 bits per heavy atom. The Morgan fingerprint density at radius 3 is 2.57 bits per heavy atom. The van der Waals surface area contributed by atoms with Crippen LogP contribution in [0, 0.1) is 0 Å². The molecule has 2 aromatic carbocycles. The van der Waals surface area contributed by atoms with Crippen molar-refractivity contribution in [2.45, 2.75) is 13.0 Å². The number of ether oxygens (including phenoxy) is 1. The molecule has 23 heavy (non-hydrogen) atoms. The quantitative estimate of drug-likeness (QED) is 0.658. The first-order valence-corrected chi connectivity index (χ1v) is 7.74. The second-order valence-electron chi connectivity index (χ2n) is 5.51. The molecule has 4 nitrogen and oxygen atoms in total. The van der Waals surface area contributed by atoms with Crippen molar-refractivity contribution in [3.8, 4) is 5.75 Å². The monoisotopic (exact) mass is 311 g/mol. The van der Waals surface area contributed by atoms with Gasteiger partial charge in [0.25, 0.3) is 0 Å². The summed E-state index contributed by atoms with van der Waals surface area (Å²) in [4.78, 5) is 0. The van der Waals surface area contributed by atoms with Crippen molar-refractivity contribution in [1.82, 2.24) is 5.32 Å². The minimum atomic E-state index is 0.148. The number of nitrogens with one attached hydrogen (secondary N) is 1. The molecule has 0 fully saturated rings. The molecule has 0 aliphatic heterocycles. The summed E-state index contributed by atoms with van der Waals surface area (Å²) in [5, 5.41) is 13.1. The van der Waals surface area contributed by atoms with Crippen LogP contribution in [0.25, 0.3) is 11.0 Å². The van der Waals surface area contributed by atoms with E-state index >= 15 is 0 Å². The van der Waals surface area contributed by atoms with E-state index in [1.165, 1.54) is 5.56 Å². The maximum absolute atomic E-state index is 8.80. The van der Waals surface area contributed by atoms with Gasteiger partial charge in [0, 0.05) is 24.9 Å². The summed E-state index contributed by atoms with van der Waals surface area (Å²) in [5.74, 6) is 1.81. The molecule has 0 saturated heterocycles. The van der Waals surface area contributed by atoms with E-state index in [2.05, 4.69) is 41.7 Å². The van der Waals surface area contributed by atoms with E-state index in [-0.39, 0.29) is 6.61 Å². The van der Waals surface area contributed by atoms with Gasteiger partial charge < -0.3 is 19.6 Å². The van der Waals surface area contributed by atoms with Crippen LogP contribution in [0.5, 0.6) is 5.75 Å². The van der Waals surface area contributed by atoms with Crippen molar-refractivity contribution in [2.24, 2.45) is 0 Å². The summed E-state index contributed by atoms with van der Waals surface area (Å²) < 4.78 is 11.1. The van der Waals surface area contributed by atoms with Crippen molar-refractivity contribution >= 4 is 11.0 Å². The lowest BCUT2D eigenvalue weighted by Gasteiger charge is -2.02. The summed E-state index contributed by atoms with van der Waals surface area (Å²) in [6, 6.07) is 16.3. The van der Waals surface area contributed by atoms with Crippen molar-refractivity contribution in [3.63, 3.8) is 0 Å². The Bertz CT molecular complexity index is 762. The van der Waals surface area contributed by atoms with E-state index in [1.807, 2.05) is 12.1 Å². The largest absolute Gasteiger partial charge is 0.497 e. The molecule has 0 bridgehead atoms. The van der Waals surface area contributed by atoms with Gasteiger partial charge in [0.1, 0.15) is 17.1 Å². The first-order valence-electron chi connectivity index (χ1n) is 7.74. The lowest BCUT2D eigenvalue weighted by molar-refractivity contribution is 0.292. The van der Waals surface area contributed by atoms with Gasteiger partial charge in [0.05, 0.1) is 13.7 Å². The highest BCUT2D eigenvalue weighted by molar-refractivity contribution is 5.78. The fourth-order valence-corrected chi connectivity index (χ4v) is 2.58. The van der Waals surface area contributed by atoms with E-state index < -0.39 is 0 Å². The lowest BCUT2D eigenvalue weighted by Crippen LogP contribution is -2.17. The predicted molar refractivity (Wildman–Crippen MR) is 90.8 cm³/mol. The zero-order chi connectivity index (χ0) is 16.1. The number of hydrogen-bond donors (Lipinski definition) is 2. The number of rotatable bonds is 7. The smallest absolute Gasteiger partial charge is 0.134 e. The van der Waals surface area contributed by atoms with Crippen LogP contribution in [0.15, 0.2) is 52.9 Å². The molecule has 3 rings (SSSR count). The average molecular weight is 311 g/mol. The SMILES string of the molecule is COc1ccc(Cc2cc3ccc(CNCCO)cc3o2)cc1. The van der Waals surface area contributed by atoms with Crippen molar-refractivity contribution < 1.29 is 14.3 Å². The van der Waals surface area contributed by atoms with Crippen LogP contribution in [-0.4, -0.2) is 25.4 Å². The molecule has 1 aromatic heterocycles. The van der Waals surface area contributed by atoms with Crippen molar-refractivity contribution in [3.05, 3.63) is 65.4 Å². The number of methoxy groups -OCH3 is 1. The van der Waals surface area contributed by atoms with Crippen LogP contribution < -0.4 is 10.1 Å². The molecule has 0 spiro atoms. The molecule has 4 heteroatoms. The summed E-state index contributed by atoms with van der Waals surface area (Å²) in [6.45, 7) is 1.47. The number of aliphatic hydroxyl groups excluding tert-OH is 1. The number of fused-ring (bicyclic) bond motifs is 1. The van der Waals surface area contributed by atoms with Gasteiger partial charge in [-0.25, -0.2) is 0 Å². The van der Waals surface area contributed by atoms with Crippen molar-refractivity contribution in [1.29, 1.82) is 0 Å². The predicted octanol–water partition coefficient (Wildman–Crippen LogP) is 3.11. The Kier molecular flexibility index (Phi) is 4.95. The third-order valence-electron chi connectivity index (χ3n) is 3.79. The van der Waals surface area contributed by atoms with Crippen LogP contribution in [0.3, 0.4) is 0 Å². The lowest BCUT2D eigenvalue weighted by atomic mass is 10.1. The second kappa shape index (κ2) is 7.31.